The molecule has 5 nitrogen and oxygen atoms in total. The Morgan fingerprint density at radius 1 is 1.22 bits per heavy atom. The molecule has 126 valence electrons. The number of esters is 1. The van der Waals surface area contributed by atoms with Crippen molar-refractivity contribution in [2.75, 3.05) is 7.11 Å². The smallest absolute Gasteiger partial charge is 0.342 e. The van der Waals surface area contributed by atoms with Crippen molar-refractivity contribution >= 4 is 11.9 Å². The maximum Gasteiger partial charge on any atom is 0.342 e. The highest BCUT2D eigenvalue weighted by Crippen LogP contribution is 2.24. The predicted molar refractivity (Wildman–Crippen MR) is 87.4 cm³/mol. The number of rotatable bonds is 5. The van der Waals surface area contributed by atoms with Crippen LogP contribution in [0.4, 0.5) is 0 Å². The molecule has 0 aliphatic heterocycles. The van der Waals surface area contributed by atoms with Gasteiger partial charge in [-0.3, -0.25) is 4.79 Å². The average molecular weight is 319 g/mol. The first-order valence-corrected chi connectivity index (χ1v) is 8.17. The molecule has 1 aromatic rings. The summed E-state index contributed by atoms with van der Waals surface area (Å²) >= 11 is 0. The maximum absolute atomic E-state index is 12.3. The summed E-state index contributed by atoms with van der Waals surface area (Å²) in [4.78, 5) is 24.5. The quantitative estimate of drug-likeness (QED) is 0.848. The zero-order valence-corrected chi connectivity index (χ0v) is 14.0. The molecule has 1 saturated carbocycles. The second-order valence-electron chi connectivity index (χ2n) is 6.12. The van der Waals surface area contributed by atoms with Crippen LogP contribution >= 0.6 is 0 Å². The minimum Gasteiger partial charge on any atom is -0.496 e. The van der Waals surface area contributed by atoms with E-state index in [1.807, 2.05) is 0 Å². The molecule has 0 radical (unpaired) electrons. The van der Waals surface area contributed by atoms with Crippen molar-refractivity contribution in [1.82, 2.24) is 5.32 Å². The predicted octanol–water partition coefficient (Wildman–Crippen LogP) is 2.94. The number of para-hydroxylation sites is 1. The van der Waals surface area contributed by atoms with Crippen molar-refractivity contribution in [3.63, 3.8) is 0 Å². The lowest BCUT2D eigenvalue weighted by Crippen LogP contribution is -2.46. The Morgan fingerprint density at radius 2 is 1.91 bits per heavy atom. The summed E-state index contributed by atoms with van der Waals surface area (Å²) in [5.74, 6) is 0.102. The fraction of sp³-hybridized carbons (Fsp3) is 0.556. The summed E-state index contributed by atoms with van der Waals surface area (Å²) in [6, 6.07) is 6.98. The van der Waals surface area contributed by atoms with E-state index < -0.39 is 12.1 Å². The van der Waals surface area contributed by atoms with Crippen molar-refractivity contribution in [1.29, 1.82) is 0 Å². The number of carbonyl (C=O) groups excluding carboxylic acids is 2. The molecule has 5 heteroatoms. The summed E-state index contributed by atoms with van der Waals surface area (Å²) in [7, 11) is 1.49. The number of hydrogen-bond donors (Lipinski definition) is 1. The summed E-state index contributed by atoms with van der Waals surface area (Å²) in [5.41, 5.74) is 0.320. The van der Waals surface area contributed by atoms with Gasteiger partial charge in [-0.2, -0.15) is 0 Å². The van der Waals surface area contributed by atoms with Crippen molar-refractivity contribution < 1.29 is 19.1 Å². The number of nitrogens with one attached hydrogen (secondary N) is 1. The fourth-order valence-corrected chi connectivity index (χ4v) is 2.92. The van der Waals surface area contributed by atoms with Gasteiger partial charge in [-0.05, 0) is 37.8 Å². The second kappa shape index (κ2) is 7.99. The molecule has 1 fully saturated rings. The van der Waals surface area contributed by atoms with E-state index in [4.69, 9.17) is 9.47 Å². The van der Waals surface area contributed by atoms with Crippen molar-refractivity contribution in [2.45, 2.75) is 51.7 Å². The van der Waals surface area contributed by atoms with E-state index in [1.165, 1.54) is 13.5 Å². The summed E-state index contributed by atoms with van der Waals surface area (Å²) in [6.07, 6.45) is 3.62. The first-order valence-electron chi connectivity index (χ1n) is 8.17. The highest BCUT2D eigenvalue weighted by atomic mass is 16.5. The van der Waals surface area contributed by atoms with Gasteiger partial charge in [0.25, 0.3) is 5.91 Å². The van der Waals surface area contributed by atoms with Crippen LogP contribution < -0.4 is 10.1 Å². The van der Waals surface area contributed by atoms with E-state index >= 15 is 0 Å². The number of benzene rings is 1. The van der Waals surface area contributed by atoms with Gasteiger partial charge in [0.05, 0.1) is 7.11 Å². The van der Waals surface area contributed by atoms with E-state index in [0.29, 0.717) is 17.2 Å². The third-order valence-electron chi connectivity index (χ3n) is 4.42. The first kappa shape index (κ1) is 17.3. The van der Waals surface area contributed by atoms with Crippen molar-refractivity contribution in [2.24, 2.45) is 5.92 Å². The molecule has 1 aliphatic carbocycles. The lowest BCUT2D eigenvalue weighted by Gasteiger charge is -2.30. The van der Waals surface area contributed by atoms with Crippen LogP contribution in [0.15, 0.2) is 24.3 Å². The lowest BCUT2D eigenvalue weighted by atomic mass is 9.86. The zero-order valence-electron chi connectivity index (χ0n) is 14.0. The molecule has 0 saturated heterocycles. The monoisotopic (exact) mass is 319 g/mol. The average Bonchev–Trinajstić information content (AvgIpc) is 2.56. The molecule has 0 unspecified atom stereocenters. The number of ether oxygens (including phenoxy) is 2. The third-order valence-corrected chi connectivity index (χ3v) is 4.42. The Morgan fingerprint density at radius 3 is 2.61 bits per heavy atom. The van der Waals surface area contributed by atoms with Gasteiger partial charge in [-0.25, -0.2) is 4.79 Å². The molecule has 1 N–H and O–H groups in total. The van der Waals surface area contributed by atoms with Crippen LogP contribution in [-0.2, 0) is 9.53 Å². The van der Waals surface area contributed by atoms with E-state index in [0.717, 1.165) is 19.3 Å². The van der Waals surface area contributed by atoms with E-state index in [-0.39, 0.29) is 11.9 Å². The van der Waals surface area contributed by atoms with Crippen LogP contribution in [0.5, 0.6) is 5.75 Å². The molecular weight excluding hydrogens is 294 g/mol. The Balaban J connectivity index is 1.93. The first-order chi connectivity index (χ1) is 11.0. The van der Waals surface area contributed by atoms with Gasteiger partial charge >= 0.3 is 5.97 Å². The second-order valence-corrected chi connectivity index (χ2v) is 6.12. The van der Waals surface area contributed by atoms with E-state index in [9.17, 15) is 9.59 Å². The van der Waals surface area contributed by atoms with Crippen LogP contribution in [0, 0.1) is 5.92 Å². The number of amides is 1. The van der Waals surface area contributed by atoms with Crippen molar-refractivity contribution in [3.05, 3.63) is 29.8 Å². The van der Waals surface area contributed by atoms with E-state index in [1.54, 1.807) is 31.2 Å². The molecule has 3 atom stereocenters. The Hall–Kier alpha value is -2.04. The van der Waals surface area contributed by atoms with E-state index in [2.05, 4.69) is 12.2 Å². The Bertz CT molecular complexity index is 558. The maximum atomic E-state index is 12.3. The van der Waals surface area contributed by atoms with Gasteiger partial charge < -0.3 is 14.8 Å². The minimum absolute atomic E-state index is 0.170. The molecule has 0 aromatic heterocycles. The molecular formula is C18H25NO4. The summed E-state index contributed by atoms with van der Waals surface area (Å²) < 4.78 is 10.4. The molecule has 1 aromatic carbocycles. The largest absolute Gasteiger partial charge is 0.496 e. The van der Waals surface area contributed by atoms with Gasteiger partial charge in [0.15, 0.2) is 6.10 Å². The molecule has 0 heterocycles. The molecule has 1 amide bonds. The molecule has 0 spiro atoms. The normalized spacial score (nSPS) is 22.0. The third kappa shape index (κ3) is 4.47. The standard InChI is InChI=1S/C18H25NO4/c1-12-8-4-6-10-15(12)19-17(20)13(2)23-18(21)14-9-5-7-11-16(14)22-3/h5,7,9,11-13,15H,4,6,8,10H2,1-3H3,(H,19,20)/t12-,13-,15+/m1/s1. The SMILES string of the molecule is COc1ccccc1C(=O)O[C@H](C)C(=O)N[C@H]1CCCC[C@H]1C. The van der Waals surface area contributed by atoms with Crippen LogP contribution in [0.2, 0.25) is 0 Å². The lowest BCUT2D eigenvalue weighted by molar-refractivity contribution is -0.130. The minimum atomic E-state index is -0.832. The number of hydrogen-bond acceptors (Lipinski definition) is 4. The Labute approximate surface area is 137 Å². The highest BCUT2D eigenvalue weighted by Gasteiger charge is 2.27. The van der Waals surface area contributed by atoms with Crippen LogP contribution in [0.25, 0.3) is 0 Å². The number of carbonyl (C=O) groups is 2. The van der Waals surface area contributed by atoms with Crippen molar-refractivity contribution in [3.8, 4) is 5.75 Å². The van der Waals surface area contributed by atoms with Gasteiger partial charge in [0.1, 0.15) is 11.3 Å². The number of methoxy groups -OCH3 is 1. The molecule has 1 aliphatic rings. The topological polar surface area (TPSA) is 64.6 Å². The summed E-state index contributed by atoms with van der Waals surface area (Å²) in [5, 5.41) is 3.01. The molecule has 2 rings (SSSR count). The highest BCUT2D eigenvalue weighted by molar-refractivity contribution is 5.94. The van der Waals surface area contributed by atoms with Crippen LogP contribution in [0.1, 0.15) is 49.9 Å². The molecule has 0 bridgehead atoms. The summed E-state index contributed by atoms with van der Waals surface area (Å²) in [6.45, 7) is 3.74. The van der Waals surface area contributed by atoms with Crippen LogP contribution in [-0.4, -0.2) is 31.1 Å². The van der Waals surface area contributed by atoms with Gasteiger partial charge in [-0.15, -0.1) is 0 Å². The zero-order chi connectivity index (χ0) is 16.8. The Kier molecular flexibility index (Phi) is 6.02. The van der Waals surface area contributed by atoms with Crippen LogP contribution in [0.3, 0.4) is 0 Å². The fourth-order valence-electron chi connectivity index (χ4n) is 2.92. The van der Waals surface area contributed by atoms with Gasteiger partial charge in [-0.1, -0.05) is 31.9 Å². The van der Waals surface area contributed by atoms with Gasteiger partial charge in [0, 0.05) is 6.04 Å². The molecule has 23 heavy (non-hydrogen) atoms. The van der Waals surface area contributed by atoms with Gasteiger partial charge in [0.2, 0.25) is 0 Å².